The fraction of sp³-hybridized carbons (Fsp3) is 0.375. The van der Waals surface area contributed by atoms with E-state index in [1.54, 1.807) is 6.92 Å². The molecule has 6 heteroatoms. The van der Waals surface area contributed by atoms with Crippen molar-refractivity contribution in [3.63, 3.8) is 0 Å². The number of rotatable bonds is 6. The smallest absolute Gasteiger partial charge is 0.356 e. The number of ether oxygens (including phenoxy) is 1. The molecule has 0 aliphatic heterocycles. The number of fused-ring (bicyclic) bond motifs is 1. The van der Waals surface area contributed by atoms with E-state index in [1.165, 1.54) is 0 Å². The monoisotopic (exact) mass is 319 g/mol. The third-order valence-corrected chi connectivity index (χ3v) is 3.49. The van der Waals surface area contributed by atoms with E-state index in [-0.39, 0.29) is 0 Å². The highest BCUT2D eigenvalue weighted by Gasteiger charge is 2.19. The van der Waals surface area contributed by atoms with E-state index in [4.69, 9.17) is 17.0 Å². The molecule has 1 aromatic heterocycles. The summed E-state index contributed by atoms with van der Waals surface area (Å²) >= 11 is 5.30. The van der Waals surface area contributed by atoms with Gasteiger partial charge in [-0.2, -0.15) is 0 Å². The summed E-state index contributed by atoms with van der Waals surface area (Å²) in [5.41, 5.74) is 1.91. The molecule has 0 aliphatic rings. The molecule has 2 aromatic rings. The lowest BCUT2D eigenvalue weighted by Gasteiger charge is -2.11. The number of esters is 1. The van der Waals surface area contributed by atoms with Crippen LogP contribution in [0.2, 0.25) is 0 Å². The predicted octanol–water partition coefficient (Wildman–Crippen LogP) is 3.43. The minimum Gasteiger partial charge on any atom is -0.461 e. The Bertz CT molecular complexity index is 666. The number of carbonyl (C=O) groups is 1. The van der Waals surface area contributed by atoms with Crippen LogP contribution in [0.1, 0.15) is 37.2 Å². The number of anilines is 1. The Morgan fingerprint density at radius 1 is 1.32 bits per heavy atom. The number of carbonyl (C=O) groups excluding carboxylic acids is 1. The molecule has 0 atom stereocenters. The molecule has 118 valence electrons. The number of para-hydroxylation sites is 1. The Kier molecular flexibility index (Phi) is 5.77. The van der Waals surface area contributed by atoms with Crippen molar-refractivity contribution in [1.29, 1.82) is 0 Å². The van der Waals surface area contributed by atoms with Crippen LogP contribution in [-0.4, -0.2) is 29.2 Å². The zero-order valence-corrected chi connectivity index (χ0v) is 13.7. The molecule has 5 nitrogen and oxygen atoms in total. The first-order valence-corrected chi connectivity index (χ1v) is 7.90. The molecule has 0 saturated carbocycles. The van der Waals surface area contributed by atoms with E-state index >= 15 is 0 Å². The van der Waals surface area contributed by atoms with Gasteiger partial charge in [0, 0.05) is 17.4 Å². The van der Waals surface area contributed by atoms with Crippen LogP contribution in [0.3, 0.4) is 0 Å². The summed E-state index contributed by atoms with van der Waals surface area (Å²) in [6, 6.07) is 7.68. The Labute approximate surface area is 135 Å². The quantitative estimate of drug-likeness (QED) is 0.432. The fourth-order valence-electron chi connectivity index (χ4n) is 2.16. The molecular formula is C16H21N3O2S. The number of nitrogens with one attached hydrogen (secondary N) is 3. The molecule has 0 amide bonds. The summed E-state index contributed by atoms with van der Waals surface area (Å²) < 4.78 is 5.10. The molecule has 0 radical (unpaired) electrons. The van der Waals surface area contributed by atoms with Crippen molar-refractivity contribution in [2.45, 2.75) is 26.7 Å². The van der Waals surface area contributed by atoms with Crippen LogP contribution in [0.4, 0.5) is 5.69 Å². The van der Waals surface area contributed by atoms with Gasteiger partial charge in [0.2, 0.25) is 0 Å². The van der Waals surface area contributed by atoms with Gasteiger partial charge in [0.25, 0.3) is 0 Å². The van der Waals surface area contributed by atoms with Crippen molar-refractivity contribution < 1.29 is 9.53 Å². The van der Waals surface area contributed by atoms with E-state index in [9.17, 15) is 4.79 Å². The Hall–Kier alpha value is -2.08. The zero-order valence-electron chi connectivity index (χ0n) is 12.9. The van der Waals surface area contributed by atoms with Gasteiger partial charge < -0.3 is 20.4 Å². The number of benzene rings is 1. The molecule has 0 unspecified atom stereocenters. The van der Waals surface area contributed by atoms with Crippen molar-refractivity contribution in [2.75, 3.05) is 18.5 Å². The number of aromatic nitrogens is 1. The van der Waals surface area contributed by atoms with Gasteiger partial charge in [0.05, 0.1) is 12.3 Å². The number of unbranched alkanes of at least 4 members (excludes halogenated alkanes) is 1. The van der Waals surface area contributed by atoms with Crippen LogP contribution >= 0.6 is 12.2 Å². The molecule has 22 heavy (non-hydrogen) atoms. The number of hydrogen-bond acceptors (Lipinski definition) is 3. The molecule has 1 heterocycles. The fourth-order valence-corrected chi connectivity index (χ4v) is 2.37. The minimum atomic E-state index is -0.391. The molecule has 3 N–H and O–H groups in total. The molecule has 1 aromatic carbocycles. The summed E-state index contributed by atoms with van der Waals surface area (Å²) in [5.74, 6) is -0.391. The molecule has 0 saturated heterocycles. The normalized spacial score (nSPS) is 10.5. The highest BCUT2D eigenvalue weighted by atomic mass is 32.1. The number of hydrogen-bond donors (Lipinski definition) is 3. The van der Waals surface area contributed by atoms with Gasteiger partial charge in [-0.1, -0.05) is 31.5 Å². The molecule has 0 fully saturated rings. The maximum Gasteiger partial charge on any atom is 0.356 e. The average Bonchev–Trinajstić information content (AvgIpc) is 2.87. The molecule has 0 bridgehead atoms. The SMILES string of the molecule is CCCCNC(=S)Nc1c(C(=O)OCC)[nH]c2ccccc12. The second-order valence-electron chi connectivity index (χ2n) is 4.88. The van der Waals surface area contributed by atoms with Crippen molar-refractivity contribution in [1.82, 2.24) is 10.3 Å². The standard InChI is InChI=1S/C16H21N3O2S/c1-3-5-10-17-16(22)19-13-11-8-6-7-9-12(11)18-14(13)15(20)21-4-2/h6-9,18H,3-5,10H2,1-2H3,(H2,17,19,22). The third-order valence-electron chi connectivity index (χ3n) is 3.24. The van der Waals surface area contributed by atoms with Crippen LogP contribution in [0.15, 0.2) is 24.3 Å². The summed E-state index contributed by atoms with van der Waals surface area (Å²) in [6.07, 6.45) is 2.14. The first-order chi connectivity index (χ1) is 10.7. The second kappa shape index (κ2) is 7.79. The van der Waals surface area contributed by atoms with Crippen molar-refractivity contribution in [3.8, 4) is 0 Å². The number of H-pyrrole nitrogens is 1. The van der Waals surface area contributed by atoms with E-state index in [1.807, 2.05) is 24.3 Å². The lowest BCUT2D eigenvalue weighted by molar-refractivity contribution is 0.0522. The number of thiocarbonyl (C=S) groups is 1. The van der Waals surface area contributed by atoms with Crippen LogP contribution in [0.25, 0.3) is 10.9 Å². The van der Waals surface area contributed by atoms with Crippen LogP contribution < -0.4 is 10.6 Å². The topological polar surface area (TPSA) is 66.2 Å². The van der Waals surface area contributed by atoms with E-state index < -0.39 is 5.97 Å². The lowest BCUT2D eigenvalue weighted by atomic mass is 10.2. The van der Waals surface area contributed by atoms with Crippen LogP contribution in [0, 0.1) is 0 Å². The predicted molar refractivity (Wildman–Crippen MR) is 93.4 cm³/mol. The van der Waals surface area contributed by atoms with Crippen LogP contribution in [0.5, 0.6) is 0 Å². The molecule has 2 rings (SSSR count). The van der Waals surface area contributed by atoms with E-state index in [0.29, 0.717) is 23.1 Å². The summed E-state index contributed by atoms with van der Waals surface area (Å²) in [7, 11) is 0. The van der Waals surface area contributed by atoms with Gasteiger partial charge in [-0.05, 0) is 31.6 Å². The summed E-state index contributed by atoms with van der Waals surface area (Å²) in [4.78, 5) is 15.2. The third kappa shape index (κ3) is 3.76. The van der Waals surface area contributed by atoms with Crippen molar-refractivity contribution in [3.05, 3.63) is 30.0 Å². The highest BCUT2D eigenvalue weighted by Crippen LogP contribution is 2.28. The van der Waals surface area contributed by atoms with E-state index in [0.717, 1.165) is 30.3 Å². The van der Waals surface area contributed by atoms with Gasteiger partial charge >= 0.3 is 5.97 Å². The van der Waals surface area contributed by atoms with Crippen LogP contribution in [-0.2, 0) is 4.74 Å². The highest BCUT2D eigenvalue weighted by molar-refractivity contribution is 7.80. The average molecular weight is 319 g/mol. The van der Waals surface area contributed by atoms with E-state index in [2.05, 4.69) is 22.5 Å². The molecule has 0 aliphatic carbocycles. The first-order valence-electron chi connectivity index (χ1n) is 7.50. The summed E-state index contributed by atoms with van der Waals surface area (Å²) in [6.45, 7) is 5.04. The van der Waals surface area contributed by atoms with Gasteiger partial charge in [0.15, 0.2) is 5.11 Å². The van der Waals surface area contributed by atoms with Crippen molar-refractivity contribution in [2.24, 2.45) is 0 Å². The maximum atomic E-state index is 12.1. The second-order valence-corrected chi connectivity index (χ2v) is 5.28. The Balaban J connectivity index is 2.27. The van der Waals surface area contributed by atoms with Gasteiger partial charge in [0.1, 0.15) is 5.69 Å². The largest absolute Gasteiger partial charge is 0.461 e. The number of aromatic amines is 1. The van der Waals surface area contributed by atoms with Gasteiger partial charge in [-0.15, -0.1) is 0 Å². The molecular weight excluding hydrogens is 298 g/mol. The van der Waals surface area contributed by atoms with Gasteiger partial charge in [-0.3, -0.25) is 0 Å². The Morgan fingerprint density at radius 3 is 2.82 bits per heavy atom. The Morgan fingerprint density at radius 2 is 2.09 bits per heavy atom. The zero-order chi connectivity index (χ0) is 15.9. The lowest BCUT2D eigenvalue weighted by Crippen LogP contribution is -2.29. The molecule has 0 spiro atoms. The summed E-state index contributed by atoms with van der Waals surface area (Å²) in [5, 5.41) is 7.67. The first kappa shape index (κ1) is 16.3. The van der Waals surface area contributed by atoms with Gasteiger partial charge in [-0.25, -0.2) is 4.79 Å². The van der Waals surface area contributed by atoms with Crippen molar-refractivity contribution >= 4 is 39.9 Å². The minimum absolute atomic E-state index is 0.326. The maximum absolute atomic E-state index is 12.1.